The highest BCUT2D eigenvalue weighted by atomic mass is 32.2. The summed E-state index contributed by atoms with van der Waals surface area (Å²) in [4.78, 5) is 15.3. The molecule has 1 atom stereocenters. The van der Waals surface area contributed by atoms with E-state index >= 15 is 0 Å². The van der Waals surface area contributed by atoms with Crippen molar-refractivity contribution >= 4 is 22.5 Å². The summed E-state index contributed by atoms with van der Waals surface area (Å²) in [6, 6.07) is 1.72. The molecule has 0 aliphatic carbocycles. The molecule has 1 rings (SSSR count). The van der Waals surface area contributed by atoms with Crippen LogP contribution < -0.4 is 5.32 Å². The zero-order chi connectivity index (χ0) is 13.7. The van der Waals surface area contributed by atoms with E-state index in [0.29, 0.717) is 23.7 Å². The number of aryl methyl sites for hydroxylation is 2. The zero-order valence-electron chi connectivity index (χ0n) is 10.8. The Kier molecular flexibility index (Phi) is 5.27. The summed E-state index contributed by atoms with van der Waals surface area (Å²) < 4.78 is 10.9. The van der Waals surface area contributed by atoms with Crippen molar-refractivity contribution in [3.05, 3.63) is 23.0 Å². The molecule has 0 radical (unpaired) electrons. The SMILES string of the molecule is Cc1cc(NCCCS(C)=O)c(C(=O)O)c(C)n1. The fourth-order valence-electron chi connectivity index (χ4n) is 1.74. The molecule has 0 bridgehead atoms. The number of aromatic nitrogens is 1. The standard InChI is InChI=1S/C12H18N2O3S/c1-8-7-10(13-5-4-6-18(3)17)11(12(15)16)9(2)14-8/h7H,4-6H2,1-3H3,(H,13,14)(H,15,16). The first-order valence-corrected chi connectivity index (χ1v) is 7.40. The third-order valence-electron chi connectivity index (χ3n) is 2.47. The van der Waals surface area contributed by atoms with Crippen molar-refractivity contribution in [3.63, 3.8) is 0 Å². The minimum atomic E-state index is -0.985. The Hall–Kier alpha value is -1.43. The van der Waals surface area contributed by atoms with Gasteiger partial charge in [-0.15, -0.1) is 0 Å². The molecule has 0 saturated heterocycles. The van der Waals surface area contributed by atoms with E-state index in [-0.39, 0.29) is 5.56 Å². The van der Waals surface area contributed by atoms with E-state index in [1.54, 1.807) is 19.2 Å². The number of hydrogen-bond acceptors (Lipinski definition) is 4. The molecule has 0 aliphatic rings. The van der Waals surface area contributed by atoms with E-state index in [4.69, 9.17) is 5.11 Å². The van der Waals surface area contributed by atoms with Crippen LogP contribution >= 0.6 is 0 Å². The third-order valence-corrected chi connectivity index (χ3v) is 3.33. The van der Waals surface area contributed by atoms with Crippen LogP contribution in [-0.2, 0) is 10.8 Å². The van der Waals surface area contributed by atoms with Gasteiger partial charge in [0.1, 0.15) is 5.56 Å². The van der Waals surface area contributed by atoms with Crippen LogP contribution in [0.2, 0.25) is 0 Å². The predicted molar refractivity (Wildman–Crippen MR) is 72.7 cm³/mol. The van der Waals surface area contributed by atoms with Crippen LogP contribution in [-0.4, -0.2) is 38.8 Å². The molecular weight excluding hydrogens is 252 g/mol. The van der Waals surface area contributed by atoms with Crippen LogP contribution in [0.15, 0.2) is 6.07 Å². The Morgan fingerprint density at radius 2 is 2.17 bits per heavy atom. The van der Waals surface area contributed by atoms with Crippen LogP contribution in [0.25, 0.3) is 0 Å². The Balaban J connectivity index is 2.80. The van der Waals surface area contributed by atoms with Crippen LogP contribution in [0, 0.1) is 13.8 Å². The second kappa shape index (κ2) is 6.49. The number of nitrogens with zero attached hydrogens (tertiary/aromatic N) is 1. The van der Waals surface area contributed by atoms with Crippen molar-refractivity contribution in [2.45, 2.75) is 20.3 Å². The van der Waals surface area contributed by atoms with Crippen molar-refractivity contribution in [1.82, 2.24) is 4.98 Å². The second-order valence-electron chi connectivity index (χ2n) is 4.13. The monoisotopic (exact) mass is 270 g/mol. The van der Waals surface area contributed by atoms with Crippen molar-refractivity contribution < 1.29 is 14.1 Å². The predicted octanol–water partition coefficient (Wildman–Crippen LogP) is 1.58. The summed E-state index contributed by atoms with van der Waals surface area (Å²) in [5, 5.41) is 12.2. The van der Waals surface area contributed by atoms with E-state index < -0.39 is 16.8 Å². The first kappa shape index (κ1) is 14.6. The van der Waals surface area contributed by atoms with E-state index in [1.807, 2.05) is 6.92 Å². The smallest absolute Gasteiger partial charge is 0.339 e. The molecular formula is C12H18N2O3S. The molecule has 2 N–H and O–H groups in total. The van der Waals surface area contributed by atoms with Gasteiger partial charge in [-0.1, -0.05) is 0 Å². The molecule has 0 amide bonds. The fraction of sp³-hybridized carbons (Fsp3) is 0.500. The van der Waals surface area contributed by atoms with Gasteiger partial charge in [-0.25, -0.2) is 4.79 Å². The molecule has 1 aromatic heterocycles. The Morgan fingerprint density at radius 3 is 2.72 bits per heavy atom. The lowest BCUT2D eigenvalue weighted by Crippen LogP contribution is -2.12. The molecule has 0 spiro atoms. The van der Waals surface area contributed by atoms with Crippen molar-refractivity contribution in [2.24, 2.45) is 0 Å². The molecule has 1 heterocycles. The van der Waals surface area contributed by atoms with E-state index in [0.717, 1.165) is 12.1 Å². The third kappa shape index (κ3) is 4.10. The van der Waals surface area contributed by atoms with Crippen molar-refractivity contribution in [3.8, 4) is 0 Å². The zero-order valence-corrected chi connectivity index (χ0v) is 11.6. The lowest BCUT2D eigenvalue weighted by molar-refractivity contribution is 0.0696. The average Bonchev–Trinajstić information content (AvgIpc) is 2.22. The minimum Gasteiger partial charge on any atom is -0.478 e. The molecule has 18 heavy (non-hydrogen) atoms. The number of carboxylic acid groups (broad SMARTS) is 1. The summed E-state index contributed by atoms with van der Waals surface area (Å²) in [6.45, 7) is 4.11. The number of anilines is 1. The van der Waals surface area contributed by atoms with Crippen LogP contribution in [0.3, 0.4) is 0 Å². The van der Waals surface area contributed by atoms with Gasteiger partial charge >= 0.3 is 5.97 Å². The Morgan fingerprint density at radius 1 is 1.50 bits per heavy atom. The number of hydrogen-bond donors (Lipinski definition) is 2. The maximum absolute atomic E-state index is 11.2. The average molecular weight is 270 g/mol. The van der Waals surface area contributed by atoms with E-state index in [2.05, 4.69) is 10.3 Å². The van der Waals surface area contributed by atoms with Crippen LogP contribution in [0.5, 0.6) is 0 Å². The minimum absolute atomic E-state index is 0.207. The number of pyridine rings is 1. The molecule has 0 aromatic carbocycles. The largest absolute Gasteiger partial charge is 0.478 e. The summed E-state index contributed by atoms with van der Waals surface area (Å²) in [5.74, 6) is -0.375. The van der Waals surface area contributed by atoms with Gasteiger partial charge in [0.25, 0.3) is 0 Å². The van der Waals surface area contributed by atoms with Crippen molar-refractivity contribution in [2.75, 3.05) is 23.9 Å². The van der Waals surface area contributed by atoms with Crippen LogP contribution in [0.4, 0.5) is 5.69 Å². The number of rotatable bonds is 6. The molecule has 6 heteroatoms. The van der Waals surface area contributed by atoms with Gasteiger partial charge < -0.3 is 10.4 Å². The summed E-state index contributed by atoms with van der Waals surface area (Å²) >= 11 is 0. The molecule has 100 valence electrons. The van der Waals surface area contributed by atoms with E-state index in [9.17, 15) is 9.00 Å². The molecule has 5 nitrogen and oxygen atoms in total. The van der Waals surface area contributed by atoms with E-state index in [1.165, 1.54) is 0 Å². The number of carboxylic acids is 1. The van der Waals surface area contributed by atoms with Gasteiger partial charge in [-0.05, 0) is 26.3 Å². The normalized spacial score (nSPS) is 12.2. The lowest BCUT2D eigenvalue weighted by atomic mass is 10.1. The topological polar surface area (TPSA) is 79.3 Å². The maximum atomic E-state index is 11.2. The Bertz CT molecular complexity index is 475. The van der Waals surface area contributed by atoms with Gasteiger partial charge in [0.15, 0.2) is 0 Å². The number of nitrogens with one attached hydrogen (secondary N) is 1. The van der Waals surface area contributed by atoms with Gasteiger partial charge in [0.05, 0.1) is 11.4 Å². The molecule has 1 aromatic rings. The molecule has 1 unspecified atom stereocenters. The van der Waals surface area contributed by atoms with Gasteiger partial charge in [0.2, 0.25) is 0 Å². The lowest BCUT2D eigenvalue weighted by Gasteiger charge is -2.12. The quantitative estimate of drug-likeness (QED) is 0.767. The first-order valence-electron chi connectivity index (χ1n) is 5.67. The fourth-order valence-corrected chi connectivity index (χ4v) is 2.29. The molecule has 0 saturated carbocycles. The number of aromatic carboxylic acids is 1. The maximum Gasteiger partial charge on any atom is 0.339 e. The Labute approximate surface area is 109 Å². The van der Waals surface area contributed by atoms with Gasteiger partial charge in [0, 0.05) is 35.0 Å². The van der Waals surface area contributed by atoms with Gasteiger partial charge in [-0.3, -0.25) is 9.19 Å². The summed E-state index contributed by atoms with van der Waals surface area (Å²) in [5.41, 5.74) is 2.07. The highest BCUT2D eigenvalue weighted by Crippen LogP contribution is 2.19. The summed E-state index contributed by atoms with van der Waals surface area (Å²) in [7, 11) is -0.815. The van der Waals surface area contributed by atoms with Crippen molar-refractivity contribution in [1.29, 1.82) is 0 Å². The summed E-state index contributed by atoms with van der Waals surface area (Å²) in [6.07, 6.45) is 2.39. The molecule has 0 fully saturated rings. The first-order chi connectivity index (χ1) is 8.41. The van der Waals surface area contributed by atoms with Crippen LogP contribution in [0.1, 0.15) is 28.2 Å². The number of carbonyl (C=O) groups is 1. The molecule has 0 aliphatic heterocycles. The van der Waals surface area contributed by atoms with Gasteiger partial charge in [-0.2, -0.15) is 0 Å². The second-order valence-corrected chi connectivity index (χ2v) is 5.69. The highest BCUT2D eigenvalue weighted by Gasteiger charge is 2.14. The highest BCUT2D eigenvalue weighted by molar-refractivity contribution is 7.84.